The maximum absolute atomic E-state index is 12.7. The molecule has 6 heteroatoms. The first kappa shape index (κ1) is 19.2. The van der Waals surface area contributed by atoms with Crippen LogP contribution in [0.4, 0.5) is 0 Å². The average molecular weight is 421 g/mol. The van der Waals surface area contributed by atoms with Gasteiger partial charge in [-0.15, -0.1) is 6.58 Å². The van der Waals surface area contributed by atoms with Crippen LogP contribution in [0, 0.1) is 0 Å². The van der Waals surface area contributed by atoms with Crippen molar-refractivity contribution in [2.24, 2.45) is 4.99 Å². The van der Waals surface area contributed by atoms with Gasteiger partial charge in [0.2, 0.25) is 0 Å². The first-order chi connectivity index (χ1) is 14.1. The quantitative estimate of drug-likeness (QED) is 0.367. The number of nitrogens with zero attached hydrogens (tertiary/aromatic N) is 2. The summed E-state index contributed by atoms with van der Waals surface area (Å²) >= 11 is 7.52. The number of amides is 1. The number of para-hydroxylation sites is 1. The predicted octanol–water partition coefficient (Wildman–Crippen LogP) is 6.08. The SMILES string of the molecule is C=CCn1c(=NC(=O)c2ccc(Oc3ccccc3)cc2)sc2cc(Cl)ccc21. The number of fused-ring (bicyclic) bond motifs is 1. The minimum atomic E-state index is -0.313. The summed E-state index contributed by atoms with van der Waals surface area (Å²) in [5.41, 5.74) is 1.46. The number of halogens is 1. The van der Waals surface area contributed by atoms with Gasteiger partial charge in [-0.05, 0) is 54.6 Å². The standard InChI is InChI=1S/C23H17ClN2O2S/c1-2-14-26-20-13-10-17(24)15-21(20)29-23(26)25-22(27)16-8-11-19(12-9-16)28-18-6-4-3-5-7-18/h2-13,15H,1,14H2. The van der Waals surface area contributed by atoms with Gasteiger partial charge in [0.15, 0.2) is 4.80 Å². The third-order valence-electron chi connectivity index (χ3n) is 4.23. The number of thiazole rings is 1. The molecular weight excluding hydrogens is 404 g/mol. The molecule has 4 aromatic rings. The van der Waals surface area contributed by atoms with Gasteiger partial charge in [-0.2, -0.15) is 4.99 Å². The summed E-state index contributed by atoms with van der Waals surface area (Å²) in [5.74, 6) is 1.09. The van der Waals surface area contributed by atoms with E-state index in [1.807, 2.05) is 53.1 Å². The molecule has 29 heavy (non-hydrogen) atoms. The van der Waals surface area contributed by atoms with Crippen molar-refractivity contribution in [2.45, 2.75) is 6.54 Å². The van der Waals surface area contributed by atoms with Gasteiger partial charge in [0, 0.05) is 17.1 Å². The third-order valence-corrected chi connectivity index (χ3v) is 5.51. The third kappa shape index (κ3) is 4.31. The Balaban J connectivity index is 1.64. The Morgan fingerprint density at radius 3 is 2.52 bits per heavy atom. The molecule has 0 unspecified atom stereocenters. The molecule has 3 aromatic carbocycles. The number of ether oxygens (including phenoxy) is 1. The molecular formula is C23H17ClN2O2S. The molecule has 1 aromatic heterocycles. The van der Waals surface area contributed by atoms with Crippen molar-refractivity contribution in [1.29, 1.82) is 0 Å². The lowest BCUT2D eigenvalue weighted by Crippen LogP contribution is -2.16. The average Bonchev–Trinajstić information content (AvgIpc) is 3.05. The molecule has 1 amide bonds. The Kier molecular flexibility index (Phi) is 5.60. The van der Waals surface area contributed by atoms with Crippen LogP contribution in [-0.2, 0) is 6.54 Å². The van der Waals surface area contributed by atoms with Crippen molar-refractivity contribution in [2.75, 3.05) is 0 Å². The van der Waals surface area contributed by atoms with E-state index in [4.69, 9.17) is 16.3 Å². The highest BCUT2D eigenvalue weighted by molar-refractivity contribution is 7.16. The van der Waals surface area contributed by atoms with Crippen LogP contribution in [0.1, 0.15) is 10.4 Å². The van der Waals surface area contributed by atoms with Crippen molar-refractivity contribution < 1.29 is 9.53 Å². The molecule has 0 aliphatic rings. The topological polar surface area (TPSA) is 43.6 Å². The maximum atomic E-state index is 12.7. The van der Waals surface area contributed by atoms with Crippen LogP contribution in [0.3, 0.4) is 0 Å². The number of benzene rings is 3. The fourth-order valence-corrected chi connectivity index (χ4v) is 4.19. The second kappa shape index (κ2) is 8.47. The number of rotatable bonds is 5. The Labute approximate surface area is 177 Å². The van der Waals surface area contributed by atoms with Gasteiger partial charge in [-0.25, -0.2) is 0 Å². The van der Waals surface area contributed by atoms with Crippen LogP contribution < -0.4 is 9.54 Å². The summed E-state index contributed by atoms with van der Waals surface area (Å²) in [4.78, 5) is 17.7. The number of carbonyl (C=O) groups is 1. The van der Waals surface area contributed by atoms with E-state index in [0.29, 0.717) is 27.7 Å². The Morgan fingerprint density at radius 2 is 1.79 bits per heavy atom. The van der Waals surface area contributed by atoms with Crippen molar-refractivity contribution in [1.82, 2.24) is 4.57 Å². The molecule has 0 atom stereocenters. The number of hydrogen-bond acceptors (Lipinski definition) is 3. The minimum Gasteiger partial charge on any atom is -0.457 e. The second-order valence-corrected chi connectivity index (χ2v) is 7.70. The summed E-state index contributed by atoms with van der Waals surface area (Å²) in [7, 11) is 0. The molecule has 0 N–H and O–H groups in total. The van der Waals surface area contributed by atoms with Gasteiger partial charge in [0.25, 0.3) is 5.91 Å². The highest BCUT2D eigenvalue weighted by atomic mass is 35.5. The number of aromatic nitrogens is 1. The van der Waals surface area contributed by atoms with Gasteiger partial charge in [-0.1, -0.05) is 47.2 Å². The normalized spacial score (nSPS) is 11.6. The number of hydrogen-bond donors (Lipinski definition) is 0. The second-order valence-electron chi connectivity index (χ2n) is 6.25. The van der Waals surface area contributed by atoms with E-state index in [0.717, 1.165) is 16.0 Å². The molecule has 0 aliphatic carbocycles. The molecule has 4 rings (SSSR count). The molecule has 0 radical (unpaired) electrons. The zero-order valence-corrected chi connectivity index (χ0v) is 17.0. The first-order valence-corrected chi connectivity index (χ1v) is 10.2. The number of carbonyl (C=O) groups excluding carboxylic acids is 1. The molecule has 0 bridgehead atoms. The molecule has 0 spiro atoms. The van der Waals surface area contributed by atoms with Gasteiger partial charge >= 0.3 is 0 Å². The summed E-state index contributed by atoms with van der Waals surface area (Å²) in [6, 6.07) is 22.1. The minimum absolute atomic E-state index is 0.313. The Morgan fingerprint density at radius 1 is 1.07 bits per heavy atom. The van der Waals surface area contributed by atoms with Crippen molar-refractivity contribution in [3.8, 4) is 11.5 Å². The summed E-state index contributed by atoms with van der Waals surface area (Å²) < 4.78 is 8.69. The molecule has 0 fully saturated rings. The van der Waals surface area contributed by atoms with Crippen molar-refractivity contribution in [3.05, 3.63) is 101 Å². The van der Waals surface area contributed by atoms with E-state index < -0.39 is 0 Å². The zero-order valence-electron chi connectivity index (χ0n) is 15.4. The van der Waals surface area contributed by atoms with Crippen LogP contribution in [-0.4, -0.2) is 10.5 Å². The summed E-state index contributed by atoms with van der Waals surface area (Å²) in [6.45, 7) is 4.35. The van der Waals surface area contributed by atoms with E-state index in [-0.39, 0.29) is 5.91 Å². The molecule has 0 saturated heterocycles. The maximum Gasteiger partial charge on any atom is 0.279 e. The highest BCUT2D eigenvalue weighted by Crippen LogP contribution is 2.23. The smallest absolute Gasteiger partial charge is 0.279 e. The fourth-order valence-electron chi connectivity index (χ4n) is 2.88. The molecule has 144 valence electrons. The van der Waals surface area contributed by atoms with E-state index in [9.17, 15) is 4.79 Å². The lowest BCUT2D eigenvalue weighted by Gasteiger charge is -2.05. The van der Waals surface area contributed by atoms with Gasteiger partial charge in [0.05, 0.1) is 10.2 Å². The molecule has 4 nitrogen and oxygen atoms in total. The van der Waals surface area contributed by atoms with Gasteiger partial charge in [-0.3, -0.25) is 4.79 Å². The largest absolute Gasteiger partial charge is 0.457 e. The van der Waals surface area contributed by atoms with Gasteiger partial charge < -0.3 is 9.30 Å². The van der Waals surface area contributed by atoms with E-state index in [1.54, 1.807) is 30.3 Å². The van der Waals surface area contributed by atoms with Crippen LogP contribution in [0.2, 0.25) is 5.02 Å². The van der Waals surface area contributed by atoms with E-state index in [2.05, 4.69) is 11.6 Å². The summed E-state index contributed by atoms with van der Waals surface area (Å²) in [5, 5.41) is 0.649. The zero-order chi connectivity index (χ0) is 20.2. The van der Waals surface area contributed by atoms with Gasteiger partial charge in [0.1, 0.15) is 11.5 Å². The van der Waals surface area contributed by atoms with Crippen LogP contribution in [0.5, 0.6) is 11.5 Å². The Hall–Kier alpha value is -3.15. The van der Waals surface area contributed by atoms with Crippen molar-refractivity contribution in [3.63, 3.8) is 0 Å². The van der Waals surface area contributed by atoms with Crippen LogP contribution in [0.25, 0.3) is 10.2 Å². The number of allylic oxidation sites excluding steroid dienone is 1. The Bertz CT molecular complexity index is 1240. The van der Waals surface area contributed by atoms with Crippen molar-refractivity contribution >= 4 is 39.1 Å². The van der Waals surface area contributed by atoms with E-state index in [1.165, 1.54) is 11.3 Å². The van der Waals surface area contributed by atoms with Crippen LogP contribution >= 0.6 is 22.9 Å². The lowest BCUT2D eigenvalue weighted by atomic mass is 10.2. The summed E-state index contributed by atoms with van der Waals surface area (Å²) in [6.07, 6.45) is 1.78. The van der Waals surface area contributed by atoms with E-state index >= 15 is 0 Å². The first-order valence-electron chi connectivity index (χ1n) is 8.96. The highest BCUT2D eigenvalue weighted by Gasteiger charge is 2.09. The molecule has 0 saturated carbocycles. The predicted molar refractivity (Wildman–Crippen MR) is 118 cm³/mol. The fraction of sp³-hybridized carbons (Fsp3) is 0.0435. The van der Waals surface area contributed by atoms with Crippen LogP contribution in [0.15, 0.2) is 90.4 Å². The lowest BCUT2D eigenvalue weighted by molar-refractivity contribution is 0.0998. The monoisotopic (exact) mass is 420 g/mol. The molecule has 0 aliphatic heterocycles. The molecule has 1 heterocycles.